The molecule has 0 spiro atoms. The van der Waals surface area contributed by atoms with Crippen LogP contribution in [0.3, 0.4) is 0 Å². The number of hydrogen-bond acceptors (Lipinski definition) is 2. The van der Waals surface area contributed by atoms with E-state index >= 15 is 0 Å². The van der Waals surface area contributed by atoms with Crippen molar-refractivity contribution < 1.29 is 4.79 Å². The zero-order valence-electron chi connectivity index (χ0n) is 10.4. The van der Waals surface area contributed by atoms with Gasteiger partial charge in [0.1, 0.15) is 0 Å². The number of carbonyl (C=O) groups excluding carboxylic acids is 1. The van der Waals surface area contributed by atoms with E-state index in [1.165, 1.54) is 25.7 Å². The lowest BCUT2D eigenvalue weighted by Crippen LogP contribution is -2.44. The molecule has 1 aliphatic carbocycles. The average Bonchev–Trinajstić information content (AvgIpc) is 2.90. The molecule has 0 bridgehead atoms. The summed E-state index contributed by atoms with van der Waals surface area (Å²) in [6.07, 6.45) is 4.88. The molecule has 98 valence electrons. The van der Waals surface area contributed by atoms with Crippen LogP contribution < -0.4 is 11.1 Å². The molecule has 3 nitrogen and oxygen atoms in total. The number of carbonyl (C=O) groups is 1. The second-order valence-corrected chi connectivity index (χ2v) is 5.78. The van der Waals surface area contributed by atoms with Gasteiger partial charge in [-0.1, -0.05) is 28.8 Å². The first-order valence-corrected chi connectivity index (χ1v) is 7.26. The van der Waals surface area contributed by atoms with Gasteiger partial charge in [0.25, 0.3) is 5.91 Å². The third-order valence-corrected chi connectivity index (χ3v) is 4.17. The van der Waals surface area contributed by atoms with Crippen LogP contribution in [-0.2, 0) is 0 Å². The second-order valence-electron chi connectivity index (χ2n) is 4.87. The van der Waals surface area contributed by atoms with E-state index in [0.29, 0.717) is 18.0 Å². The van der Waals surface area contributed by atoms with Gasteiger partial charge >= 0.3 is 0 Å². The average molecular weight is 311 g/mol. The molecule has 1 atom stereocenters. The molecule has 1 aromatic carbocycles. The van der Waals surface area contributed by atoms with E-state index in [1.807, 2.05) is 24.3 Å². The predicted molar refractivity (Wildman–Crippen MR) is 76.4 cm³/mol. The Morgan fingerprint density at radius 2 is 1.94 bits per heavy atom. The van der Waals surface area contributed by atoms with Crippen molar-refractivity contribution in [3.63, 3.8) is 0 Å². The zero-order chi connectivity index (χ0) is 13.0. The van der Waals surface area contributed by atoms with E-state index in [1.54, 1.807) is 0 Å². The van der Waals surface area contributed by atoms with Gasteiger partial charge in [0.2, 0.25) is 0 Å². The standard InChI is InChI=1S/C14H19BrN2O/c15-12-7-5-11(6-8-12)14(18)17-13(9-16)10-3-1-2-4-10/h5-8,10,13H,1-4,9,16H2,(H,17,18). The van der Waals surface area contributed by atoms with Crippen molar-refractivity contribution in [3.05, 3.63) is 34.3 Å². The highest BCUT2D eigenvalue weighted by atomic mass is 79.9. The Kier molecular flexibility index (Phi) is 4.78. The minimum Gasteiger partial charge on any atom is -0.348 e. The molecule has 1 unspecified atom stereocenters. The molecule has 0 saturated heterocycles. The number of amides is 1. The van der Waals surface area contributed by atoms with E-state index in [-0.39, 0.29) is 11.9 Å². The lowest BCUT2D eigenvalue weighted by Gasteiger charge is -2.23. The minimum absolute atomic E-state index is 0.0233. The van der Waals surface area contributed by atoms with Crippen LogP contribution in [0.4, 0.5) is 0 Å². The van der Waals surface area contributed by atoms with Crippen LogP contribution in [0.2, 0.25) is 0 Å². The van der Waals surface area contributed by atoms with Gasteiger partial charge in [-0.05, 0) is 43.0 Å². The molecule has 0 heterocycles. The largest absolute Gasteiger partial charge is 0.348 e. The van der Waals surface area contributed by atoms with Crippen molar-refractivity contribution in [2.45, 2.75) is 31.7 Å². The summed E-state index contributed by atoms with van der Waals surface area (Å²) in [7, 11) is 0. The molecule has 4 heteroatoms. The molecule has 0 radical (unpaired) electrons. The monoisotopic (exact) mass is 310 g/mol. The lowest BCUT2D eigenvalue weighted by molar-refractivity contribution is 0.0924. The van der Waals surface area contributed by atoms with Crippen LogP contribution in [0.1, 0.15) is 36.0 Å². The van der Waals surface area contributed by atoms with Crippen LogP contribution in [-0.4, -0.2) is 18.5 Å². The van der Waals surface area contributed by atoms with E-state index in [0.717, 1.165) is 4.47 Å². The molecule has 1 aromatic rings. The van der Waals surface area contributed by atoms with Gasteiger partial charge in [-0.25, -0.2) is 0 Å². The molecule has 3 N–H and O–H groups in total. The SMILES string of the molecule is NCC(NC(=O)c1ccc(Br)cc1)C1CCCC1. The highest BCUT2D eigenvalue weighted by Crippen LogP contribution is 2.27. The summed E-state index contributed by atoms with van der Waals surface area (Å²) in [5, 5.41) is 3.07. The molecule has 2 rings (SSSR count). The number of nitrogens with one attached hydrogen (secondary N) is 1. The molecule has 0 aliphatic heterocycles. The van der Waals surface area contributed by atoms with Crippen LogP contribution in [0.25, 0.3) is 0 Å². The molecule has 18 heavy (non-hydrogen) atoms. The summed E-state index contributed by atoms with van der Waals surface area (Å²) in [5.41, 5.74) is 6.47. The van der Waals surface area contributed by atoms with Gasteiger partial charge in [0.05, 0.1) is 0 Å². The van der Waals surface area contributed by atoms with Crippen LogP contribution in [0.5, 0.6) is 0 Å². The summed E-state index contributed by atoms with van der Waals surface area (Å²) in [4.78, 5) is 12.1. The van der Waals surface area contributed by atoms with Crippen molar-refractivity contribution in [2.75, 3.05) is 6.54 Å². The highest BCUT2D eigenvalue weighted by Gasteiger charge is 2.25. The van der Waals surface area contributed by atoms with Crippen LogP contribution in [0.15, 0.2) is 28.7 Å². The van der Waals surface area contributed by atoms with Crippen LogP contribution in [0, 0.1) is 5.92 Å². The first-order valence-electron chi connectivity index (χ1n) is 6.47. The lowest BCUT2D eigenvalue weighted by atomic mass is 9.98. The first kappa shape index (κ1) is 13.6. The topological polar surface area (TPSA) is 55.1 Å². The number of hydrogen-bond donors (Lipinski definition) is 2. The van der Waals surface area contributed by atoms with Crippen molar-refractivity contribution in [1.82, 2.24) is 5.32 Å². The van der Waals surface area contributed by atoms with Gasteiger partial charge in [0, 0.05) is 22.6 Å². The molecule has 1 saturated carbocycles. The van der Waals surface area contributed by atoms with Crippen molar-refractivity contribution in [3.8, 4) is 0 Å². The Morgan fingerprint density at radius 1 is 1.33 bits per heavy atom. The number of benzene rings is 1. The van der Waals surface area contributed by atoms with Gasteiger partial charge in [-0.2, -0.15) is 0 Å². The Hall–Kier alpha value is -0.870. The normalized spacial score (nSPS) is 17.7. The first-order chi connectivity index (χ1) is 8.70. The summed E-state index contributed by atoms with van der Waals surface area (Å²) >= 11 is 3.36. The van der Waals surface area contributed by atoms with E-state index in [4.69, 9.17) is 5.73 Å². The zero-order valence-corrected chi connectivity index (χ0v) is 11.9. The van der Waals surface area contributed by atoms with Gasteiger partial charge in [-0.3, -0.25) is 4.79 Å². The molecular formula is C14H19BrN2O. The van der Waals surface area contributed by atoms with Crippen molar-refractivity contribution >= 4 is 21.8 Å². The molecule has 1 fully saturated rings. The number of halogens is 1. The maximum absolute atomic E-state index is 12.1. The molecule has 0 aromatic heterocycles. The second kappa shape index (κ2) is 6.34. The fraction of sp³-hybridized carbons (Fsp3) is 0.500. The Labute approximate surface area is 116 Å². The Bertz CT molecular complexity index is 399. The minimum atomic E-state index is -0.0233. The third-order valence-electron chi connectivity index (χ3n) is 3.65. The molecule has 1 aliphatic rings. The number of rotatable bonds is 4. The van der Waals surface area contributed by atoms with Crippen molar-refractivity contribution in [1.29, 1.82) is 0 Å². The molecular weight excluding hydrogens is 292 g/mol. The number of nitrogens with two attached hydrogens (primary N) is 1. The third kappa shape index (κ3) is 3.33. The Balaban J connectivity index is 1.98. The fourth-order valence-electron chi connectivity index (χ4n) is 2.58. The summed E-state index contributed by atoms with van der Waals surface area (Å²) < 4.78 is 0.977. The smallest absolute Gasteiger partial charge is 0.251 e. The van der Waals surface area contributed by atoms with E-state index < -0.39 is 0 Å². The van der Waals surface area contributed by atoms with Crippen molar-refractivity contribution in [2.24, 2.45) is 11.7 Å². The maximum Gasteiger partial charge on any atom is 0.251 e. The highest BCUT2D eigenvalue weighted by molar-refractivity contribution is 9.10. The Morgan fingerprint density at radius 3 is 2.50 bits per heavy atom. The maximum atomic E-state index is 12.1. The van der Waals surface area contributed by atoms with Gasteiger partial charge in [-0.15, -0.1) is 0 Å². The molecule has 1 amide bonds. The summed E-state index contributed by atoms with van der Waals surface area (Å²) in [6, 6.07) is 7.51. The van der Waals surface area contributed by atoms with Gasteiger partial charge in [0.15, 0.2) is 0 Å². The quantitative estimate of drug-likeness (QED) is 0.898. The summed E-state index contributed by atoms with van der Waals surface area (Å²) in [5.74, 6) is 0.527. The fourth-order valence-corrected chi connectivity index (χ4v) is 2.85. The van der Waals surface area contributed by atoms with E-state index in [9.17, 15) is 4.79 Å². The van der Waals surface area contributed by atoms with Crippen LogP contribution >= 0.6 is 15.9 Å². The summed E-state index contributed by atoms with van der Waals surface area (Å²) in [6.45, 7) is 0.521. The van der Waals surface area contributed by atoms with E-state index in [2.05, 4.69) is 21.2 Å². The van der Waals surface area contributed by atoms with Gasteiger partial charge < -0.3 is 11.1 Å². The predicted octanol–water partition coefficient (Wildman–Crippen LogP) is 2.70.